The SMILES string of the molecule is c1ccc(-c2cccc(-c3nc(-c4ccc5ccccc5c4)nc(-c4ccc5oc6ccccc6c5c4C4CCc5cc6ccccc6cc5-c5ccccc54)n3)c2)cc1. The second-order valence-electron chi connectivity index (χ2n) is 15.8. The van der Waals surface area contributed by atoms with E-state index in [1.54, 1.807) is 0 Å². The first-order chi connectivity index (χ1) is 29.7. The fraction of sp³-hybridized carbons (Fsp3) is 0.0536. The average molecular weight is 768 g/mol. The molecular formula is C56H37N3O. The Balaban J connectivity index is 1.12. The van der Waals surface area contributed by atoms with Crippen molar-refractivity contribution in [3.05, 3.63) is 211 Å². The van der Waals surface area contributed by atoms with Gasteiger partial charge in [-0.2, -0.15) is 0 Å². The molecule has 4 nitrogen and oxygen atoms in total. The van der Waals surface area contributed by atoms with Gasteiger partial charge in [0.15, 0.2) is 17.5 Å². The molecule has 1 unspecified atom stereocenters. The van der Waals surface area contributed by atoms with Crippen LogP contribution in [0.15, 0.2) is 199 Å². The standard InChI is InChI=1S/C56H37N3O/c1-2-13-35(14-3-1)38-19-12-20-42(32-38)54-57-55(43-26-25-36-15-4-5-16-37(36)33-43)59-56(58-54)48-29-30-51-53(47-23-10-11-24-50(47)60-51)52(48)46-28-27-41-31-39-17-6-7-18-40(39)34-49(41)45-22-9-8-21-44(45)46/h1-26,29-34,46H,27-28H2. The Bertz CT molecular complexity index is 3460. The third-order valence-corrected chi connectivity index (χ3v) is 12.3. The van der Waals surface area contributed by atoms with Crippen LogP contribution in [0.5, 0.6) is 0 Å². The molecule has 4 heteroatoms. The van der Waals surface area contributed by atoms with E-state index in [2.05, 4.69) is 182 Å². The molecule has 282 valence electrons. The Morgan fingerprint density at radius 1 is 0.400 bits per heavy atom. The first-order valence-electron chi connectivity index (χ1n) is 20.7. The highest BCUT2D eigenvalue weighted by atomic mass is 16.3. The van der Waals surface area contributed by atoms with Gasteiger partial charge in [0, 0.05) is 33.4 Å². The molecule has 60 heavy (non-hydrogen) atoms. The molecule has 0 amide bonds. The molecule has 0 saturated heterocycles. The summed E-state index contributed by atoms with van der Waals surface area (Å²) in [5.41, 5.74) is 13.3. The molecule has 2 aromatic heterocycles. The molecule has 0 radical (unpaired) electrons. The summed E-state index contributed by atoms with van der Waals surface area (Å²) in [6, 6.07) is 69.1. The highest BCUT2D eigenvalue weighted by Crippen LogP contribution is 2.49. The number of hydrogen-bond acceptors (Lipinski definition) is 4. The maximum absolute atomic E-state index is 6.64. The number of nitrogens with zero attached hydrogens (tertiary/aromatic N) is 3. The molecule has 0 saturated carbocycles. The molecule has 1 aliphatic carbocycles. The third-order valence-electron chi connectivity index (χ3n) is 12.3. The van der Waals surface area contributed by atoms with Crippen molar-refractivity contribution in [2.24, 2.45) is 0 Å². The van der Waals surface area contributed by atoms with E-state index < -0.39 is 0 Å². The second-order valence-corrected chi connectivity index (χ2v) is 15.8. The molecule has 11 aromatic rings. The summed E-state index contributed by atoms with van der Waals surface area (Å²) in [5, 5.41) is 7.04. The van der Waals surface area contributed by atoms with Gasteiger partial charge >= 0.3 is 0 Å². The number of rotatable bonds is 5. The highest BCUT2D eigenvalue weighted by molar-refractivity contribution is 6.09. The van der Waals surface area contributed by atoms with E-state index >= 15 is 0 Å². The molecule has 0 N–H and O–H groups in total. The van der Waals surface area contributed by atoms with E-state index in [1.165, 1.54) is 44.0 Å². The summed E-state index contributed by atoms with van der Waals surface area (Å²) in [7, 11) is 0. The van der Waals surface area contributed by atoms with Crippen molar-refractivity contribution in [2.45, 2.75) is 18.8 Å². The van der Waals surface area contributed by atoms with Crippen molar-refractivity contribution in [3.63, 3.8) is 0 Å². The van der Waals surface area contributed by atoms with E-state index in [0.29, 0.717) is 17.5 Å². The highest BCUT2D eigenvalue weighted by Gasteiger charge is 2.30. The van der Waals surface area contributed by atoms with Gasteiger partial charge in [-0.05, 0) is 110 Å². The summed E-state index contributed by atoms with van der Waals surface area (Å²) < 4.78 is 6.64. The van der Waals surface area contributed by atoms with E-state index in [4.69, 9.17) is 19.4 Å². The summed E-state index contributed by atoms with van der Waals surface area (Å²) in [6.07, 6.45) is 1.82. The zero-order chi connectivity index (χ0) is 39.6. The van der Waals surface area contributed by atoms with Crippen LogP contribution in [0.1, 0.15) is 29.0 Å². The Hall–Kier alpha value is -7.69. The Morgan fingerprint density at radius 3 is 1.90 bits per heavy atom. The van der Waals surface area contributed by atoms with Gasteiger partial charge in [-0.15, -0.1) is 0 Å². The fourth-order valence-corrected chi connectivity index (χ4v) is 9.50. The molecule has 1 atom stereocenters. The summed E-state index contributed by atoms with van der Waals surface area (Å²) >= 11 is 0. The van der Waals surface area contributed by atoms with Gasteiger partial charge in [0.25, 0.3) is 0 Å². The quantitative estimate of drug-likeness (QED) is 0.175. The normalized spacial score (nSPS) is 13.7. The number of aromatic nitrogens is 3. The van der Waals surface area contributed by atoms with E-state index in [0.717, 1.165) is 68.0 Å². The van der Waals surface area contributed by atoms with E-state index in [9.17, 15) is 0 Å². The third kappa shape index (κ3) is 5.79. The zero-order valence-corrected chi connectivity index (χ0v) is 32.7. The van der Waals surface area contributed by atoms with Crippen LogP contribution in [0.3, 0.4) is 0 Å². The van der Waals surface area contributed by atoms with E-state index in [1.807, 2.05) is 12.1 Å². The molecule has 0 spiro atoms. The molecule has 0 aliphatic heterocycles. The Morgan fingerprint density at radius 2 is 1.05 bits per heavy atom. The Kier molecular flexibility index (Phi) is 8.02. The maximum Gasteiger partial charge on any atom is 0.164 e. The lowest BCUT2D eigenvalue weighted by atomic mass is 9.81. The summed E-state index contributed by atoms with van der Waals surface area (Å²) in [5.74, 6) is 1.92. The fourth-order valence-electron chi connectivity index (χ4n) is 9.50. The largest absolute Gasteiger partial charge is 0.456 e. The van der Waals surface area contributed by atoms with Crippen LogP contribution in [0.25, 0.3) is 99.9 Å². The van der Waals surface area contributed by atoms with Gasteiger partial charge in [-0.1, -0.05) is 158 Å². The summed E-state index contributed by atoms with van der Waals surface area (Å²) in [6.45, 7) is 0. The molecule has 9 aromatic carbocycles. The van der Waals surface area contributed by atoms with Gasteiger partial charge < -0.3 is 4.42 Å². The minimum absolute atomic E-state index is 0.0159. The van der Waals surface area contributed by atoms with Crippen molar-refractivity contribution in [3.8, 4) is 56.4 Å². The predicted molar refractivity (Wildman–Crippen MR) is 246 cm³/mol. The van der Waals surface area contributed by atoms with Crippen LogP contribution in [-0.2, 0) is 6.42 Å². The van der Waals surface area contributed by atoms with Crippen molar-refractivity contribution < 1.29 is 4.42 Å². The predicted octanol–water partition coefficient (Wildman–Crippen LogP) is 14.5. The smallest absolute Gasteiger partial charge is 0.164 e. The van der Waals surface area contributed by atoms with Gasteiger partial charge in [0.2, 0.25) is 0 Å². The molecule has 12 rings (SSSR count). The average Bonchev–Trinajstić information content (AvgIpc) is 3.62. The van der Waals surface area contributed by atoms with Crippen LogP contribution in [0.4, 0.5) is 0 Å². The second kappa shape index (κ2) is 14.0. The molecule has 1 aliphatic rings. The van der Waals surface area contributed by atoms with Crippen LogP contribution in [0, 0.1) is 0 Å². The van der Waals surface area contributed by atoms with Gasteiger partial charge in [-0.25, -0.2) is 15.0 Å². The Labute approximate surface area is 347 Å². The van der Waals surface area contributed by atoms with Crippen molar-refractivity contribution >= 4 is 43.5 Å². The van der Waals surface area contributed by atoms with Crippen molar-refractivity contribution in [1.29, 1.82) is 0 Å². The number of aryl methyl sites for hydroxylation is 1. The first kappa shape index (κ1) is 34.4. The molecule has 2 heterocycles. The first-order valence-corrected chi connectivity index (χ1v) is 20.7. The van der Waals surface area contributed by atoms with Crippen LogP contribution in [-0.4, -0.2) is 15.0 Å². The minimum Gasteiger partial charge on any atom is -0.456 e. The monoisotopic (exact) mass is 767 g/mol. The lowest BCUT2D eigenvalue weighted by Gasteiger charge is -2.23. The maximum atomic E-state index is 6.64. The topological polar surface area (TPSA) is 51.8 Å². The zero-order valence-electron chi connectivity index (χ0n) is 32.7. The van der Waals surface area contributed by atoms with Crippen LogP contribution in [0.2, 0.25) is 0 Å². The minimum atomic E-state index is 0.0159. The number of furan rings is 1. The number of hydrogen-bond donors (Lipinski definition) is 0. The molecule has 0 fully saturated rings. The lowest BCUT2D eigenvalue weighted by Crippen LogP contribution is -2.08. The number of para-hydroxylation sites is 1. The van der Waals surface area contributed by atoms with Gasteiger partial charge in [-0.3, -0.25) is 0 Å². The summed E-state index contributed by atoms with van der Waals surface area (Å²) in [4.78, 5) is 16.1. The lowest BCUT2D eigenvalue weighted by molar-refractivity contribution is 0.667. The van der Waals surface area contributed by atoms with Crippen LogP contribution < -0.4 is 0 Å². The van der Waals surface area contributed by atoms with Crippen molar-refractivity contribution in [1.82, 2.24) is 15.0 Å². The van der Waals surface area contributed by atoms with E-state index in [-0.39, 0.29) is 5.92 Å². The van der Waals surface area contributed by atoms with Gasteiger partial charge in [0.1, 0.15) is 11.2 Å². The molecular weight excluding hydrogens is 731 g/mol. The number of benzene rings is 9. The van der Waals surface area contributed by atoms with Crippen LogP contribution >= 0.6 is 0 Å². The van der Waals surface area contributed by atoms with Gasteiger partial charge in [0.05, 0.1) is 0 Å². The van der Waals surface area contributed by atoms with Crippen molar-refractivity contribution in [2.75, 3.05) is 0 Å². The molecule has 0 bridgehead atoms. The number of fused-ring (bicyclic) bond motifs is 8.